The molecule has 3 aliphatic heterocycles. The number of fused-ring (bicyclic) bond motifs is 3. The Morgan fingerprint density at radius 2 is 0.602 bits per heavy atom. The molecule has 0 radical (unpaired) electrons. The van der Waals surface area contributed by atoms with Gasteiger partial charge in [0.2, 0.25) is 5.91 Å². The SMILES string of the molecule is COc1cc2c(cc1OC)C(CCc1ccc(C(F)(F)F)cc1)=NCC2.COc1cc2c(cc1OC)C(CCc1ccc(C(F)(F)F)cc1)=NCC2.COc1cc2c(cc1OC)C(CCc1ccc(C(F)(F)F)cc1)=NCC2.COc1ccc(CCNC(=O)CCc2ccc(C(F)(F)F)cc2)cc1OC.CS(=O)(=O)O.CS(=O)(=O)O.Cl.O=P(Cl)(Cl)Cl.[Na+].[OH-]. The summed E-state index contributed by atoms with van der Waals surface area (Å²) in [6.07, 6.45) is -8.22. The first kappa shape index (κ1) is 111. The monoisotopic (exact) mass is 1890 g/mol. The number of nitrogens with zero attached hydrogens (tertiary/aromatic N) is 3. The molecule has 0 aromatic heterocycles. The van der Waals surface area contributed by atoms with Crippen LogP contribution in [0.3, 0.4) is 0 Å². The van der Waals surface area contributed by atoms with Crippen LogP contribution in [0.25, 0.3) is 0 Å². The maximum absolute atomic E-state index is 12.7. The fraction of sp³-hybridized carbons (Fsp3) is 0.366. The summed E-state index contributed by atoms with van der Waals surface area (Å²) in [5.41, 5.74) is 11.1. The summed E-state index contributed by atoms with van der Waals surface area (Å²) in [6, 6.07) is 38.1. The van der Waals surface area contributed by atoms with Crippen LogP contribution in [0.4, 0.5) is 52.7 Å². The van der Waals surface area contributed by atoms with Crippen LogP contribution in [0.15, 0.2) is 167 Å². The first-order valence-corrected chi connectivity index (χ1v) is 44.2. The molecule has 0 unspecified atom stereocenters. The van der Waals surface area contributed by atoms with E-state index < -0.39 is 72.4 Å². The second-order valence-corrected chi connectivity index (χ2v) is 35.8. The third-order valence-electron chi connectivity index (χ3n) is 17.7. The number of amides is 1. The van der Waals surface area contributed by atoms with Gasteiger partial charge in [0.15, 0.2) is 46.0 Å². The first-order valence-electron chi connectivity index (χ1n) is 36.1. The van der Waals surface area contributed by atoms with E-state index in [9.17, 15) is 78.9 Å². The van der Waals surface area contributed by atoms with Crippen LogP contribution in [-0.4, -0.2) is 150 Å². The van der Waals surface area contributed by atoms with Gasteiger partial charge in [0.25, 0.3) is 20.2 Å². The Hall–Kier alpha value is -8.03. The van der Waals surface area contributed by atoms with E-state index in [4.69, 9.17) is 47.0 Å². The fourth-order valence-corrected chi connectivity index (χ4v) is 12.0. The van der Waals surface area contributed by atoms with Gasteiger partial charge in [0.1, 0.15) is 0 Å². The Bertz CT molecular complexity index is 4690. The van der Waals surface area contributed by atoms with Gasteiger partial charge < -0.3 is 48.7 Å². The number of aliphatic imine (C=N–C) groups is 3. The van der Waals surface area contributed by atoms with Crippen LogP contribution < -0.4 is 72.8 Å². The molecule has 0 saturated carbocycles. The molecule has 8 aromatic rings. The van der Waals surface area contributed by atoms with E-state index >= 15 is 0 Å². The van der Waals surface area contributed by atoms with Gasteiger partial charge in [-0.15, -0.1) is 12.4 Å². The average molecular weight is 1890 g/mol. The number of benzene rings is 8. The largest absolute Gasteiger partial charge is 1.00 e. The number of nitrogens with one attached hydrogen (secondary N) is 1. The maximum Gasteiger partial charge on any atom is 1.00 e. The summed E-state index contributed by atoms with van der Waals surface area (Å²) in [7, 11) is 5.37. The van der Waals surface area contributed by atoms with E-state index in [2.05, 4.69) is 54.0 Å². The second kappa shape index (κ2) is 51.6. The minimum Gasteiger partial charge on any atom is -0.870 e. The van der Waals surface area contributed by atoms with Gasteiger partial charge in [-0.25, -0.2) is 0 Å². The maximum atomic E-state index is 12.7. The number of halogens is 16. The summed E-state index contributed by atoms with van der Waals surface area (Å²) in [5, 5.41) is -0.410. The molecule has 0 aliphatic carbocycles. The average Bonchev–Trinajstić information content (AvgIpc) is 0.804. The van der Waals surface area contributed by atoms with Crippen molar-refractivity contribution in [1.82, 2.24) is 5.32 Å². The summed E-state index contributed by atoms with van der Waals surface area (Å²) >= 11 is 13.8. The van der Waals surface area contributed by atoms with Gasteiger partial charge >= 0.3 is 59.5 Å². The Morgan fingerprint density at radius 3 is 0.837 bits per heavy atom. The van der Waals surface area contributed by atoms with Crippen LogP contribution in [-0.2, 0) is 106 Å². The van der Waals surface area contributed by atoms with Gasteiger partial charge in [0.05, 0.1) is 91.6 Å². The van der Waals surface area contributed by atoms with E-state index in [1.54, 1.807) is 62.9 Å². The Balaban J connectivity index is 0.000000521. The van der Waals surface area contributed by atoms with Crippen molar-refractivity contribution < 1.29 is 161 Å². The zero-order valence-corrected chi connectivity index (χ0v) is 76.1. The number of carbonyl (C=O) groups excluding carboxylic acids is 1. The van der Waals surface area contributed by atoms with Gasteiger partial charge in [-0.2, -0.15) is 69.5 Å². The summed E-state index contributed by atoms with van der Waals surface area (Å²) in [5.74, 6) is 5.14. The standard InChI is InChI=1S/C20H22F3NO3.3C20H20F3NO2.2CH4O3S.Cl3OP.ClH.Na.H2O/c1-26-17-9-5-15(13-18(17)27-2)11-12-24-19(25)10-6-14-3-7-16(8-4-14)20(21,22)23;3*1-25-18-11-14-9-10-24-17(16(14)12-19(18)26-2)8-5-13-3-6-15(7-4-13)20(21,22)23;3*1-5(2,3)4;;;/h3-5,7-9,13H,6,10-12H2,1-2H3,(H,24,25);3*3-4,6-7,11-12H,5,8-10H2,1-2H3;2*1H3,(H,2,3,4);;1H;;1H2/q;;;;;;;;+1;/p-1. The summed E-state index contributed by atoms with van der Waals surface area (Å²) in [6.45, 7) is 2.56. The van der Waals surface area contributed by atoms with Crippen molar-refractivity contribution in [1.29, 1.82) is 0 Å². The smallest absolute Gasteiger partial charge is 0.870 e. The quantitative estimate of drug-likeness (QED) is 0.0232. The zero-order chi connectivity index (χ0) is 89.6. The Kier molecular flexibility index (Phi) is 46.5. The number of methoxy groups -OCH3 is 8. The van der Waals surface area contributed by atoms with Crippen LogP contribution in [0, 0.1) is 0 Å². The fourth-order valence-electron chi connectivity index (χ4n) is 12.0. The van der Waals surface area contributed by atoms with Crippen molar-refractivity contribution in [2.75, 3.05) is 95.6 Å². The van der Waals surface area contributed by atoms with Gasteiger partial charge in [-0.1, -0.05) is 54.6 Å². The molecule has 3 heterocycles. The Morgan fingerprint density at radius 1 is 0.382 bits per heavy atom. The molecule has 21 nitrogen and oxygen atoms in total. The van der Waals surface area contributed by atoms with E-state index in [0.29, 0.717) is 142 Å². The molecule has 0 saturated heterocycles. The van der Waals surface area contributed by atoms with Gasteiger partial charge in [0, 0.05) is 66.4 Å². The molecule has 0 fully saturated rings. The van der Waals surface area contributed by atoms with Crippen molar-refractivity contribution in [3.05, 3.63) is 235 Å². The predicted octanol–water partition coefficient (Wildman–Crippen LogP) is 17.2. The third kappa shape index (κ3) is 40.0. The molecule has 41 heteroatoms. The number of hydrogen-bond donors (Lipinski definition) is 3. The molecule has 672 valence electrons. The summed E-state index contributed by atoms with van der Waals surface area (Å²) in [4.78, 5) is 25.8. The van der Waals surface area contributed by atoms with Crippen molar-refractivity contribution in [2.24, 2.45) is 15.0 Å². The van der Waals surface area contributed by atoms with Crippen molar-refractivity contribution in [3.8, 4) is 46.0 Å². The third-order valence-corrected chi connectivity index (χ3v) is 17.7. The molecular weight excluding hydrogens is 1800 g/mol. The topological polar surface area (TPSA) is 296 Å². The van der Waals surface area contributed by atoms with Crippen LogP contribution in [0.1, 0.15) is 109 Å². The Labute approximate surface area is 748 Å². The van der Waals surface area contributed by atoms with E-state index in [1.165, 1.54) is 48.5 Å². The van der Waals surface area contributed by atoms with Gasteiger partial charge in [-0.3, -0.25) is 33.4 Å². The van der Waals surface area contributed by atoms with Crippen molar-refractivity contribution in [3.63, 3.8) is 0 Å². The number of alkyl halides is 12. The number of carbonyl (C=O) groups is 1. The molecule has 11 rings (SSSR count). The number of hydrogen-bond acceptors (Lipinski definition) is 18. The van der Waals surface area contributed by atoms with E-state index in [1.807, 2.05) is 48.5 Å². The minimum absolute atomic E-state index is 0. The normalized spacial score (nSPS) is 12.6. The minimum atomic E-state index is -4.35. The number of ether oxygens (including phenoxy) is 8. The molecule has 0 atom stereocenters. The molecule has 8 aromatic carbocycles. The summed E-state index contributed by atoms with van der Waals surface area (Å²) < 4.78 is 255. The molecule has 0 bridgehead atoms. The van der Waals surface area contributed by atoms with E-state index in [0.717, 1.165) is 141 Å². The van der Waals surface area contributed by atoms with Crippen LogP contribution >= 0.6 is 51.3 Å². The second-order valence-electron chi connectivity index (χ2n) is 26.3. The first-order chi connectivity index (χ1) is 56.1. The molecule has 123 heavy (non-hydrogen) atoms. The molecular formula is C82H92Cl4F12N4NaO17PS2. The molecule has 4 N–H and O–H groups in total. The molecule has 3 aliphatic rings. The van der Waals surface area contributed by atoms with Crippen LogP contribution in [0.2, 0.25) is 0 Å². The van der Waals surface area contributed by atoms with Crippen molar-refractivity contribution in [2.45, 2.75) is 102 Å². The molecule has 1 amide bonds. The van der Waals surface area contributed by atoms with E-state index in [-0.39, 0.29) is 59.8 Å². The van der Waals surface area contributed by atoms with Crippen molar-refractivity contribution >= 4 is 94.6 Å². The number of aryl methyl sites for hydroxylation is 4. The van der Waals surface area contributed by atoms with Crippen LogP contribution in [0.5, 0.6) is 46.0 Å². The zero-order valence-electron chi connectivity index (χ0n) is 68.5. The van der Waals surface area contributed by atoms with Gasteiger partial charge in [-0.05, 0) is 246 Å². The molecule has 0 spiro atoms. The predicted molar refractivity (Wildman–Crippen MR) is 449 cm³/mol. The number of rotatable bonds is 23.